The monoisotopic (exact) mass is 508 g/mol. The molecule has 186 valence electrons. The Hall–Kier alpha value is -2.59. The van der Waals surface area contributed by atoms with Crippen LogP contribution in [0.25, 0.3) is 6.08 Å². The summed E-state index contributed by atoms with van der Waals surface area (Å²) in [6.07, 6.45) is 4.42. The molecule has 2 amide bonds. The lowest BCUT2D eigenvalue weighted by Gasteiger charge is -2.19. The molecule has 0 N–H and O–H groups in total. The lowest BCUT2D eigenvalue weighted by atomic mass is 10.1. The number of benzene rings is 1. The topological polar surface area (TPSA) is 85.4 Å². The number of thiocarbonyl (C=S) groups is 1. The molecule has 0 bridgehead atoms. The second-order valence-corrected chi connectivity index (χ2v) is 9.16. The molecule has 8 nitrogen and oxygen atoms in total. The standard InChI is InChI=1S/C24H32N2O6S2/c1-5-25(6-2)21(27)16-32-18-12-11-17(14-19(18)30-3)15-20-23(29)26(24(33)34-20)13-9-7-8-10-22(28)31-4/h11-12,14-15H,5-10,13,16H2,1-4H3/b20-15+. The number of ether oxygens (including phenoxy) is 3. The molecule has 2 rings (SSSR count). The van der Waals surface area contributed by atoms with E-state index >= 15 is 0 Å². The Morgan fingerprint density at radius 3 is 2.50 bits per heavy atom. The predicted molar refractivity (Wildman–Crippen MR) is 137 cm³/mol. The number of rotatable bonds is 13. The van der Waals surface area contributed by atoms with Crippen molar-refractivity contribution in [2.75, 3.05) is 40.5 Å². The van der Waals surface area contributed by atoms with E-state index in [0.29, 0.717) is 53.2 Å². The fraction of sp³-hybridized carbons (Fsp3) is 0.500. The van der Waals surface area contributed by atoms with Gasteiger partial charge < -0.3 is 19.1 Å². The molecule has 1 saturated heterocycles. The zero-order valence-electron chi connectivity index (χ0n) is 20.1. The number of amides is 2. The maximum absolute atomic E-state index is 12.8. The minimum Gasteiger partial charge on any atom is -0.493 e. The number of unbranched alkanes of at least 4 members (excludes halogenated alkanes) is 2. The lowest BCUT2D eigenvalue weighted by Crippen LogP contribution is -2.34. The number of methoxy groups -OCH3 is 2. The van der Waals surface area contributed by atoms with Crippen molar-refractivity contribution in [3.05, 3.63) is 28.7 Å². The van der Waals surface area contributed by atoms with Gasteiger partial charge in [0, 0.05) is 26.1 Å². The van der Waals surface area contributed by atoms with Crippen molar-refractivity contribution in [1.82, 2.24) is 9.80 Å². The molecule has 1 aromatic carbocycles. The quantitative estimate of drug-likeness (QED) is 0.172. The highest BCUT2D eigenvalue weighted by Gasteiger charge is 2.31. The van der Waals surface area contributed by atoms with Gasteiger partial charge in [0.25, 0.3) is 11.8 Å². The SMILES string of the molecule is CCN(CC)C(=O)COc1ccc(/C=C2/SC(=S)N(CCCCCC(=O)OC)C2=O)cc1OC. The summed E-state index contributed by atoms with van der Waals surface area (Å²) in [4.78, 5) is 40.0. The maximum Gasteiger partial charge on any atom is 0.305 e. The van der Waals surface area contributed by atoms with Crippen molar-refractivity contribution < 1.29 is 28.6 Å². The Balaban J connectivity index is 1.99. The zero-order chi connectivity index (χ0) is 25.1. The lowest BCUT2D eigenvalue weighted by molar-refractivity contribution is -0.140. The third-order valence-electron chi connectivity index (χ3n) is 5.32. The normalized spacial score (nSPS) is 14.5. The van der Waals surface area contributed by atoms with E-state index in [4.69, 9.17) is 21.7 Å². The molecule has 0 unspecified atom stereocenters. The van der Waals surface area contributed by atoms with Crippen LogP contribution < -0.4 is 9.47 Å². The van der Waals surface area contributed by atoms with Crippen molar-refractivity contribution in [3.63, 3.8) is 0 Å². The summed E-state index contributed by atoms with van der Waals surface area (Å²) in [7, 11) is 2.90. The van der Waals surface area contributed by atoms with Gasteiger partial charge in [-0.15, -0.1) is 0 Å². The van der Waals surface area contributed by atoms with Crippen LogP contribution in [0.5, 0.6) is 11.5 Å². The number of likely N-dealkylation sites (N-methyl/N-ethyl adjacent to an activating group) is 1. The fourth-order valence-corrected chi connectivity index (χ4v) is 4.67. The van der Waals surface area contributed by atoms with Crippen molar-refractivity contribution in [2.45, 2.75) is 39.5 Å². The summed E-state index contributed by atoms with van der Waals surface area (Å²) in [5.74, 6) is 0.481. The van der Waals surface area contributed by atoms with Crippen LogP contribution in [0.4, 0.5) is 0 Å². The van der Waals surface area contributed by atoms with Crippen LogP contribution in [-0.2, 0) is 19.1 Å². The van der Waals surface area contributed by atoms with Crippen molar-refractivity contribution in [3.8, 4) is 11.5 Å². The molecule has 1 heterocycles. The van der Waals surface area contributed by atoms with E-state index in [0.717, 1.165) is 18.4 Å². The molecule has 0 aliphatic carbocycles. The average Bonchev–Trinajstić information content (AvgIpc) is 3.10. The number of nitrogens with zero attached hydrogens (tertiary/aromatic N) is 2. The Bertz CT molecular complexity index is 930. The van der Waals surface area contributed by atoms with Crippen molar-refractivity contribution in [1.29, 1.82) is 0 Å². The molecule has 34 heavy (non-hydrogen) atoms. The molecule has 1 aliphatic heterocycles. The van der Waals surface area contributed by atoms with Crippen LogP contribution >= 0.6 is 24.0 Å². The van der Waals surface area contributed by atoms with E-state index in [2.05, 4.69) is 4.74 Å². The van der Waals surface area contributed by atoms with Crippen LogP contribution in [0.1, 0.15) is 45.1 Å². The van der Waals surface area contributed by atoms with Gasteiger partial charge in [0.05, 0.1) is 19.1 Å². The third kappa shape index (κ3) is 7.73. The molecular weight excluding hydrogens is 476 g/mol. The second-order valence-electron chi connectivity index (χ2n) is 7.49. The molecule has 0 aromatic heterocycles. The zero-order valence-corrected chi connectivity index (χ0v) is 21.8. The van der Waals surface area contributed by atoms with E-state index in [-0.39, 0.29) is 24.4 Å². The minimum absolute atomic E-state index is 0.0737. The van der Waals surface area contributed by atoms with E-state index in [1.807, 2.05) is 13.8 Å². The first-order valence-corrected chi connectivity index (χ1v) is 12.5. The van der Waals surface area contributed by atoms with E-state index in [9.17, 15) is 14.4 Å². The maximum atomic E-state index is 12.8. The summed E-state index contributed by atoms with van der Waals surface area (Å²) in [6.45, 7) is 5.53. The summed E-state index contributed by atoms with van der Waals surface area (Å²) in [5, 5.41) is 0. The number of carbonyl (C=O) groups is 3. The predicted octanol–water partition coefficient (Wildman–Crippen LogP) is 3.88. The fourth-order valence-electron chi connectivity index (χ4n) is 3.36. The first-order chi connectivity index (χ1) is 16.3. The highest BCUT2D eigenvalue weighted by atomic mass is 32.2. The van der Waals surface area contributed by atoms with Gasteiger partial charge in [0.2, 0.25) is 0 Å². The summed E-state index contributed by atoms with van der Waals surface area (Å²) in [6, 6.07) is 5.29. The largest absolute Gasteiger partial charge is 0.493 e. The number of hydrogen-bond acceptors (Lipinski definition) is 8. The highest BCUT2D eigenvalue weighted by molar-refractivity contribution is 8.26. The minimum atomic E-state index is -0.226. The van der Waals surface area contributed by atoms with Gasteiger partial charge in [-0.2, -0.15) is 0 Å². The second kappa shape index (κ2) is 14.0. The highest BCUT2D eigenvalue weighted by Crippen LogP contribution is 2.35. The summed E-state index contributed by atoms with van der Waals surface area (Å²) >= 11 is 6.65. The van der Waals surface area contributed by atoms with Crippen LogP contribution in [0, 0.1) is 0 Å². The van der Waals surface area contributed by atoms with E-state index in [1.54, 1.807) is 34.1 Å². The van der Waals surface area contributed by atoms with Gasteiger partial charge in [0.1, 0.15) is 4.32 Å². The molecule has 0 spiro atoms. The summed E-state index contributed by atoms with van der Waals surface area (Å²) < 4.78 is 16.3. The average molecular weight is 509 g/mol. The molecule has 10 heteroatoms. The Labute approximate surface area is 210 Å². The number of carbonyl (C=O) groups excluding carboxylic acids is 3. The van der Waals surface area contributed by atoms with Crippen LogP contribution in [-0.4, -0.2) is 72.4 Å². The Morgan fingerprint density at radius 2 is 1.85 bits per heavy atom. The number of hydrogen-bond donors (Lipinski definition) is 0. The smallest absolute Gasteiger partial charge is 0.305 e. The molecule has 0 atom stereocenters. The van der Waals surface area contributed by atoms with Crippen molar-refractivity contribution in [2.24, 2.45) is 0 Å². The van der Waals surface area contributed by atoms with Gasteiger partial charge in [-0.1, -0.05) is 36.5 Å². The van der Waals surface area contributed by atoms with Gasteiger partial charge in [-0.3, -0.25) is 19.3 Å². The molecule has 1 aromatic rings. The number of esters is 1. The summed E-state index contributed by atoms with van der Waals surface area (Å²) in [5.41, 5.74) is 0.762. The number of thioether (sulfide) groups is 1. The van der Waals surface area contributed by atoms with Crippen molar-refractivity contribution >= 4 is 52.2 Å². The third-order valence-corrected chi connectivity index (χ3v) is 6.69. The molecule has 1 aliphatic rings. The van der Waals surface area contributed by atoms with Gasteiger partial charge in [0.15, 0.2) is 18.1 Å². The first-order valence-electron chi connectivity index (χ1n) is 11.2. The van der Waals surface area contributed by atoms with E-state index in [1.165, 1.54) is 26.0 Å². The van der Waals surface area contributed by atoms with E-state index < -0.39 is 0 Å². The molecule has 1 fully saturated rings. The van der Waals surface area contributed by atoms with Crippen LogP contribution in [0.3, 0.4) is 0 Å². The van der Waals surface area contributed by atoms with Gasteiger partial charge >= 0.3 is 5.97 Å². The van der Waals surface area contributed by atoms with Gasteiger partial charge in [-0.25, -0.2) is 0 Å². The molecular formula is C24H32N2O6S2. The van der Waals surface area contributed by atoms with Crippen LogP contribution in [0.2, 0.25) is 0 Å². The molecule has 0 radical (unpaired) electrons. The first kappa shape index (κ1) is 27.7. The Kier molecular flexibility index (Phi) is 11.4. The Morgan fingerprint density at radius 1 is 1.12 bits per heavy atom. The molecule has 0 saturated carbocycles. The van der Waals surface area contributed by atoms with Gasteiger partial charge in [-0.05, 0) is 50.5 Å². The van der Waals surface area contributed by atoms with Crippen LogP contribution in [0.15, 0.2) is 23.1 Å².